The van der Waals surface area contributed by atoms with Crippen LogP contribution in [0.5, 0.6) is 0 Å². The second kappa shape index (κ2) is 20.7. The molecule has 0 aliphatic rings. The van der Waals surface area contributed by atoms with Crippen LogP contribution in [0, 0.1) is 17.1 Å². The van der Waals surface area contributed by atoms with Crippen LogP contribution in [0.4, 0.5) is 4.39 Å². The lowest BCUT2D eigenvalue weighted by Gasteiger charge is -2.18. The molecule has 206 valence electrons. The number of phosphoric acid groups is 1. The predicted molar refractivity (Wildman–Crippen MR) is 142 cm³/mol. The number of phosphoric ester groups is 1. The van der Waals surface area contributed by atoms with Crippen molar-refractivity contribution in [2.75, 3.05) is 6.61 Å². The van der Waals surface area contributed by atoms with E-state index < -0.39 is 19.7 Å². The molecule has 0 spiro atoms. The van der Waals surface area contributed by atoms with Gasteiger partial charge in [0.15, 0.2) is 0 Å². The molecule has 36 heavy (non-hydrogen) atoms. The summed E-state index contributed by atoms with van der Waals surface area (Å²) in [6.07, 6.45) is 20.5. The van der Waals surface area contributed by atoms with Gasteiger partial charge in [0.25, 0.3) is 0 Å². The van der Waals surface area contributed by atoms with Gasteiger partial charge in [-0.1, -0.05) is 110 Å². The van der Waals surface area contributed by atoms with E-state index >= 15 is 0 Å². The number of ether oxygens (including phenoxy) is 1. The first-order valence-corrected chi connectivity index (χ1v) is 15.4. The normalized spacial score (nSPS) is 12.5. The summed E-state index contributed by atoms with van der Waals surface area (Å²) in [5.41, 5.74) is 0.703. The summed E-state index contributed by atoms with van der Waals surface area (Å²) in [5, 5.41) is 8.98. The van der Waals surface area contributed by atoms with Gasteiger partial charge in [0.2, 0.25) is 0 Å². The van der Waals surface area contributed by atoms with Crippen molar-refractivity contribution in [1.82, 2.24) is 0 Å². The van der Waals surface area contributed by atoms with Crippen LogP contribution < -0.4 is 0 Å². The highest BCUT2D eigenvalue weighted by Gasteiger charge is 2.19. The Hall–Kier alpha value is -1.29. The molecule has 1 aromatic rings. The zero-order chi connectivity index (χ0) is 26.5. The third-order valence-corrected chi connectivity index (χ3v) is 6.87. The molecule has 8 heteroatoms. The molecule has 6 nitrogen and oxygen atoms in total. The van der Waals surface area contributed by atoms with E-state index in [0.29, 0.717) is 12.0 Å². The SMILES string of the molecule is CCCCCCCCCCCCCCCCCCC(COP(=O)(O)O)OCc1cc(F)cc(C#N)c1. The Kier molecular flexibility index (Phi) is 18.9. The molecule has 0 fully saturated rings. The van der Waals surface area contributed by atoms with Crippen molar-refractivity contribution in [1.29, 1.82) is 5.26 Å². The molecule has 1 rings (SSSR count). The Morgan fingerprint density at radius 2 is 1.36 bits per heavy atom. The first kappa shape index (κ1) is 32.7. The number of benzene rings is 1. The van der Waals surface area contributed by atoms with Gasteiger partial charge in [-0.2, -0.15) is 5.26 Å². The second-order valence-corrected chi connectivity index (χ2v) is 11.0. The Morgan fingerprint density at radius 1 is 0.861 bits per heavy atom. The third kappa shape index (κ3) is 18.9. The quantitative estimate of drug-likeness (QED) is 0.110. The van der Waals surface area contributed by atoms with Gasteiger partial charge in [-0.3, -0.25) is 4.52 Å². The highest BCUT2D eigenvalue weighted by Crippen LogP contribution is 2.36. The van der Waals surface area contributed by atoms with Crippen molar-refractivity contribution in [3.05, 3.63) is 35.1 Å². The molecule has 2 N–H and O–H groups in total. The molecular formula is C28H47FNO5P. The Balaban J connectivity index is 2.15. The van der Waals surface area contributed by atoms with Crippen LogP contribution in [0.2, 0.25) is 0 Å². The van der Waals surface area contributed by atoms with Crippen LogP contribution in [0.1, 0.15) is 127 Å². The summed E-state index contributed by atoms with van der Waals surface area (Å²) in [6.45, 7) is 2.07. The monoisotopic (exact) mass is 527 g/mol. The van der Waals surface area contributed by atoms with E-state index in [0.717, 1.165) is 25.3 Å². The number of hydrogen-bond donors (Lipinski definition) is 2. The van der Waals surface area contributed by atoms with E-state index in [1.807, 2.05) is 6.07 Å². The van der Waals surface area contributed by atoms with Crippen LogP contribution in [-0.2, 0) is 20.4 Å². The van der Waals surface area contributed by atoms with Crippen molar-refractivity contribution >= 4 is 7.82 Å². The van der Waals surface area contributed by atoms with Gasteiger partial charge in [-0.25, -0.2) is 8.96 Å². The van der Waals surface area contributed by atoms with Crippen molar-refractivity contribution < 1.29 is 28.0 Å². The zero-order valence-corrected chi connectivity index (χ0v) is 23.0. The molecule has 0 saturated carbocycles. The largest absolute Gasteiger partial charge is 0.469 e. The molecule has 1 atom stereocenters. The highest BCUT2D eigenvalue weighted by molar-refractivity contribution is 7.46. The number of hydrogen-bond acceptors (Lipinski definition) is 4. The molecule has 1 aromatic carbocycles. The highest BCUT2D eigenvalue weighted by atomic mass is 31.2. The molecule has 0 saturated heterocycles. The molecule has 0 radical (unpaired) electrons. The van der Waals surface area contributed by atoms with Crippen molar-refractivity contribution in [2.24, 2.45) is 0 Å². The van der Waals surface area contributed by atoms with E-state index in [1.54, 1.807) is 6.07 Å². The molecule has 0 amide bonds. The smallest absolute Gasteiger partial charge is 0.371 e. The van der Waals surface area contributed by atoms with E-state index in [4.69, 9.17) is 19.8 Å². The fourth-order valence-electron chi connectivity index (χ4n) is 4.33. The number of nitrogens with zero attached hydrogens (tertiary/aromatic N) is 1. The number of rotatable bonds is 23. The van der Waals surface area contributed by atoms with Gasteiger partial charge in [-0.05, 0) is 30.2 Å². The Bertz CT molecular complexity index is 780. The maximum atomic E-state index is 13.6. The minimum Gasteiger partial charge on any atom is -0.371 e. The van der Waals surface area contributed by atoms with Crippen LogP contribution in [0.25, 0.3) is 0 Å². The maximum Gasteiger partial charge on any atom is 0.469 e. The summed E-state index contributed by atoms with van der Waals surface area (Å²) < 4.78 is 35.1. The molecule has 0 aliphatic heterocycles. The second-order valence-electron chi connectivity index (χ2n) is 9.77. The first-order valence-electron chi connectivity index (χ1n) is 13.8. The van der Waals surface area contributed by atoms with Crippen LogP contribution in [0.3, 0.4) is 0 Å². The van der Waals surface area contributed by atoms with E-state index in [1.165, 1.54) is 89.5 Å². The Labute approximate surface area is 217 Å². The lowest BCUT2D eigenvalue weighted by molar-refractivity contribution is -0.00383. The van der Waals surface area contributed by atoms with Gasteiger partial charge in [-0.15, -0.1) is 0 Å². The fourth-order valence-corrected chi connectivity index (χ4v) is 4.69. The molecule has 0 heterocycles. The van der Waals surface area contributed by atoms with Gasteiger partial charge < -0.3 is 14.5 Å². The topological polar surface area (TPSA) is 99.8 Å². The van der Waals surface area contributed by atoms with Gasteiger partial charge >= 0.3 is 7.82 Å². The summed E-state index contributed by atoms with van der Waals surface area (Å²) in [6, 6.07) is 5.88. The number of halogens is 1. The summed E-state index contributed by atoms with van der Waals surface area (Å²) in [7, 11) is -4.59. The van der Waals surface area contributed by atoms with E-state index in [2.05, 4.69) is 11.4 Å². The number of nitriles is 1. The average Bonchev–Trinajstić information content (AvgIpc) is 2.84. The van der Waals surface area contributed by atoms with Crippen molar-refractivity contribution in [3.8, 4) is 6.07 Å². The van der Waals surface area contributed by atoms with E-state index in [9.17, 15) is 8.96 Å². The molecule has 1 unspecified atom stereocenters. The third-order valence-electron chi connectivity index (χ3n) is 6.38. The van der Waals surface area contributed by atoms with Crippen LogP contribution >= 0.6 is 7.82 Å². The lowest BCUT2D eigenvalue weighted by atomic mass is 10.0. The fraction of sp³-hybridized carbons (Fsp3) is 0.750. The van der Waals surface area contributed by atoms with Gasteiger partial charge in [0, 0.05) is 0 Å². The first-order chi connectivity index (χ1) is 17.3. The maximum absolute atomic E-state index is 13.6. The van der Waals surface area contributed by atoms with Gasteiger partial charge in [0.05, 0.1) is 31.0 Å². The van der Waals surface area contributed by atoms with E-state index in [-0.39, 0.29) is 18.8 Å². The van der Waals surface area contributed by atoms with Crippen molar-refractivity contribution in [3.63, 3.8) is 0 Å². The van der Waals surface area contributed by atoms with Gasteiger partial charge in [0.1, 0.15) is 5.82 Å². The average molecular weight is 528 g/mol. The van der Waals surface area contributed by atoms with Crippen molar-refractivity contribution in [2.45, 2.75) is 129 Å². The summed E-state index contributed by atoms with van der Waals surface area (Å²) >= 11 is 0. The standard InChI is InChI=1S/C28H47FNO5P/c1-2-3-4-5-6-7-8-9-10-11-12-13-14-15-16-17-18-28(24-35-36(31,32)33)34-23-26-19-25(22-30)20-27(29)21-26/h19-21,28H,2-18,23-24H2,1H3,(H2,31,32,33). The lowest BCUT2D eigenvalue weighted by Crippen LogP contribution is -2.19. The van der Waals surface area contributed by atoms with Crippen LogP contribution in [-0.4, -0.2) is 22.5 Å². The zero-order valence-electron chi connectivity index (χ0n) is 22.1. The minimum absolute atomic E-state index is 0.0421. The molecule has 0 aliphatic carbocycles. The summed E-state index contributed by atoms with van der Waals surface area (Å²) in [5.74, 6) is -0.520. The minimum atomic E-state index is -4.59. The molecule has 0 aromatic heterocycles. The number of unbranched alkanes of at least 4 members (excludes halogenated alkanes) is 15. The predicted octanol–water partition coefficient (Wildman–Crippen LogP) is 8.34. The Morgan fingerprint density at radius 3 is 1.83 bits per heavy atom. The summed E-state index contributed by atoms with van der Waals surface area (Å²) in [4.78, 5) is 18.0. The molecular weight excluding hydrogens is 480 g/mol. The molecule has 0 bridgehead atoms. The van der Waals surface area contributed by atoms with Crippen LogP contribution in [0.15, 0.2) is 18.2 Å².